The van der Waals surface area contributed by atoms with Crippen LogP contribution in [0.2, 0.25) is 0 Å². The Bertz CT molecular complexity index is 554. The Labute approximate surface area is 152 Å². The van der Waals surface area contributed by atoms with Crippen molar-refractivity contribution in [1.29, 1.82) is 0 Å². The fourth-order valence-corrected chi connectivity index (χ4v) is 4.40. The van der Waals surface area contributed by atoms with E-state index in [1.807, 2.05) is 0 Å². The number of anilines is 1. The van der Waals surface area contributed by atoms with E-state index in [-0.39, 0.29) is 11.9 Å². The second-order valence-corrected chi connectivity index (χ2v) is 8.08. The number of rotatable bonds is 4. The maximum absolute atomic E-state index is 12.8. The highest BCUT2D eigenvalue weighted by Crippen LogP contribution is 2.29. The van der Waals surface area contributed by atoms with Gasteiger partial charge < -0.3 is 15.1 Å². The first kappa shape index (κ1) is 18.2. The lowest BCUT2D eigenvalue weighted by Gasteiger charge is -2.38. The number of benzene rings is 1. The second-order valence-electron chi connectivity index (χ2n) is 8.08. The molecule has 25 heavy (non-hydrogen) atoms. The van der Waals surface area contributed by atoms with Crippen LogP contribution < -0.4 is 15.1 Å². The molecule has 4 nitrogen and oxygen atoms in total. The summed E-state index contributed by atoms with van der Waals surface area (Å²) in [5.41, 5.74) is 1.30. The molecule has 1 heterocycles. The molecule has 0 bridgehead atoms. The topological polar surface area (TPSA) is 36.8 Å². The molecule has 1 aromatic rings. The minimum absolute atomic E-state index is 0.0438. The molecule has 1 amide bonds. The predicted molar refractivity (Wildman–Crippen MR) is 103 cm³/mol. The Kier molecular flexibility index (Phi) is 6.00. The van der Waals surface area contributed by atoms with Crippen molar-refractivity contribution in [3.63, 3.8) is 0 Å². The molecule has 0 spiro atoms. The average Bonchev–Trinajstić information content (AvgIpc) is 2.65. The molecule has 2 aliphatic rings. The Balaban J connectivity index is 1.50. The number of hydrogen-bond donors (Lipinski definition) is 2. The maximum atomic E-state index is 12.8. The first-order chi connectivity index (χ1) is 12.1. The van der Waals surface area contributed by atoms with E-state index in [9.17, 15) is 4.79 Å². The zero-order valence-corrected chi connectivity index (χ0v) is 16.0. The molecular formula is C21H34N3O+. The van der Waals surface area contributed by atoms with E-state index in [1.54, 1.807) is 0 Å². The Morgan fingerprint density at radius 2 is 1.84 bits per heavy atom. The number of carbonyl (C=O) groups is 1. The van der Waals surface area contributed by atoms with Gasteiger partial charge in [-0.15, -0.1) is 0 Å². The highest BCUT2D eigenvalue weighted by molar-refractivity contribution is 5.80. The van der Waals surface area contributed by atoms with Crippen LogP contribution in [0.25, 0.3) is 0 Å². The fraction of sp³-hybridized carbons (Fsp3) is 0.667. The van der Waals surface area contributed by atoms with Gasteiger partial charge in [-0.05, 0) is 37.3 Å². The normalized spacial score (nSPS) is 29.2. The lowest BCUT2D eigenvalue weighted by molar-refractivity contribution is -0.914. The van der Waals surface area contributed by atoms with Crippen LogP contribution in [0.1, 0.15) is 40.0 Å². The van der Waals surface area contributed by atoms with Crippen molar-refractivity contribution in [2.75, 3.05) is 31.1 Å². The summed E-state index contributed by atoms with van der Waals surface area (Å²) >= 11 is 0. The molecule has 2 N–H and O–H groups in total. The number of para-hydroxylation sites is 1. The summed E-state index contributed by atoms with van der Waals surface area (Å²) in [4.78, 5) is 16.6. The van der Waals surface area contributed by atoms with Gasteiger partial charge >= 0.3 is 0 Å². The van der Waals surface area contributed by atoms with E-state index in [2.05, 4.69) is 61.3 Å². The second kappa shape index (κ2) is 8.22. The first-order valence-corrected chi connectivity index (χ1v) is 10.0. The first-order valence-electron chi connectivity index (χ1n) is 10.0. The van der Waals surface area contributed by atoms with E-state index in [0.717, 1.165) is 38.5 Å². The van der Waals surface area contributed by atoms with Crippen molar-refractivity contribution in [2.24, 2.45) is 11.8 Å². The molecule has 1 aliphatic carbocycles. The van der Waals surface area contributed by atoms with E-state index in [4.69, 9.17) is 0 Å². The lowest BCUT2D eigenvalue weighted by atomic mass is 9.78. The maximum Gasteiger partial charge on any atom is 0.278 e. The molecule has 1 aromatic carbocycles. The van der Waals surface area contributed by atoms with Crippen LogP contribution in [0, 0.1) is 11.8 Å². The largest absolute Gasteiger partial charge is 0.360 e. The van der Waals surface area contributed by atoms with E-state index >= 15 is 0 Å². The van der Waals surface area contributed by atoms with Crippen molar-refractivity contribution in [2.45, 2.75) is 52.1 Å². The third kappa shape index (κ3) is 4.35. The van der Waals surface area contributed by atoms with Crippen LogP contribution in [-0.2, 0) is 4.79 Å². The number of nitrogens with one attached hydrogen (secondary N) is 2. The van der Waals surface area contributed by atoms with Crippen LogP contribution >= 0.6 is 0 Å². The molecule has 2 fully saturated rings. The highest BCUT2D eigenvalue weighted by Gasteiger charge is 2.33. The standard InChI is InChI=1S/C21H33N3O/c1-16-8-7-11-20(17(16)2)22-21(25)18(3)23-12-14-24(15-13-23)19-9-5-4-6-10-19/h4-6,9-10,16-18,20H,7-8,11-15H2,1-3H3,(H,22,25)/p+1/t16-,17+,18+,20-/m0/s1. The van der Waals surface area contributed by atoms with Crippen molar-refractivity contribution >= 4 is 11.6 Å². The van der Waals surface area contributed by atoms with Gasteiger partial charge in [-0.3, -0.25) is 4.79 Å². The predicted octanol–water partition coefficient (Wildman–Crippen LogP) is 1.72. The van der Waals surface area contributed by atoms with Gasteiger partial charge in [-0.1, -0.05) is 44.9 Å². The van der Waals surface area contributed by atoms with Crippen LogP contribution in [0.15, 0.2) is 30.3 Å². The SMILES string of the molecule is C[C@H]1[C@@H](NC(=O)[C@@H](C)[NH+]2CCN(c3ccccc3)CC2)CCC[C@@H]1C. The molecule has 4 atom stereocenters. The summed E-state index contributed by atoms with van der Waals surface area (Å²) in [6, 6.07) is 11.0. The van der Waals surface area contributed by atoms with Gasteiger partial charge in [-0.25, -0.2) is 0 Å². The number of hydrogen-bond acceptors (Lipinski definition) is 2. The molecular weight excluding hydrogens is 310 g/mol. The van der Waals surface area contributed by atoms with Gasteiger partial charge in [0.25, 0.3) is 5.91 Å². The van der Waals surface area contributed by atoms with Gasteiger partial charge in [0.05, 0.1) is 26.2 Å². The van der Waals surface area contributed by atoms with Gasteiger partial charge in [0, 0.05) is 11.7 Å². The van der Waals surface area contributed by atoms with Crippen LogP contribution in [0.3, 0.4) is 0 Å². The van der Waals surface area contributed by atoms with Gasteiger partial charge in [0.2, 0.25) is 0 Å². The molecule has 0 aromatic heterocycles. The molecule has 1 saturated heterocycles. The molecule has 138 valence electrons. The molecule has 0 unspecified atom stereocenters. The van der Waals surface area contributed by atoms with Gasteiger partial charge in [0.1, 0.15) is 0 Å². The summed E-state index contributed by atoms with van der Waals surface area (Å²) in [6.07, 6.45) is 3.68. The zero-order chi connectivity index (χ0) is 17.8. The molecule has 1 aliphatic heterocycles. The van der Waals surface area contributed by atoms with Crippen molar-refractivity contribution in [1.82, 2.24) is 5.32 Å². The fourth-order valence-electron chi connectivity index (χ4n) is 4.40. The van der Waals surface area contributed by atoms with E-state index in [0.29, 0.717) is 12.0 Å². The van der Waals surface area contributed by atoms with Crippen LogP contribution in [0.5, 0.6) is 0 Å². The summed E-state index contributed by atoms with van der Waals surface area (Å²) in [5, 5.41) is 3.37. The van der Waals surface area contributed by atoms with E-state index in [1.165, 1.54) is 23.4 Å². The Morgan fingerprint density at radius 1 is 1.16 bits per heavy atom. The number of quaternary nitrogens is 1. The summed E-state index contributed by atoms with van der Waals surface area (Å²) < 4.78 is 0. The lowest BCUT2D eigenvalue weighted by Crippen LogP contribution is -3.19. The molecule has 4 heteroatoms. The monoisotopic (exact) mass is 344 g/mol. The summed E-state index contributed by atoms with van der Waals surface area (Å²) in [7, 11) is 0. The van der Waals surface area contributed by atoms with Crippen molar-refractivity contribution in [3.05, 3.63) is 30.3 Å². The van der Waals surface area contributed by atoms with Crippen molar-refractivity contribution < 1.29 is 9.69 Å². The molecule has 3 rings (SSSR count). The minimum Gasteiger partial charge on any atom is -0.360 e. The highest BCUT2D eigenvalue weighted by atomic mass is 16.2. The van der Waals surface area contributed by atoms with Crippen molar-refractivity contribution in [3.8, 4) is 0 Å². The number of amides is 1. The number of piperazine rings is 1. The van der Waals surface area contributed by atoms with Gasteiger partial charge in [-0.2, -0.15) is 0 Å². The zero-order valence-electron chi connectivity index (χ0n) is 16.0. The number of nitrogens with zero attached hydrogens (tertiary/aromatic N) is 1. The van der Waals surface area contributed by atoms with Crippen LogP contribution in [-0.4, -0.2) is 44.2 Å². The third-order valence-electron chi connectivity index (χ3n) is 6.57. The van der Waals surface area contributed by atoms with Crippen LogP contribution in [0.4, 0.5) is 5.69 Å². The van der Waals surface area contributed by atoms with Gasteiger partial charge in [0.15, 0.2) is 6.04 Å². The third-order valence-corrected chi connectivity index (χ3v) is 6.57. The summed E-state index contributed by atoms with van der Waals surface area (Å²) in [5.74, 6) is 1.56. The summed E-state index contributed by atoms with van der Waals surface area (Å²) in [6.45, 7) is 10.8. The molecule has 1 saturated carbocycles. The quantitative estimate of drug-likeness (QED) is 0.873. The van der Waals surface area contributed by atoms with E-state index < -0.39 is 0 Å². The Morgan fingerprint density at radius 3 is 2.52 bits per heavy atom. The number of carbonyl (C=O) groups excluding carboxylic acids is 1. The molecule has 0 radical (unpaired) electrons. The Hall–Kier alpha value is -1.55. The minimum atomic E-state index is 0.0438. The smallest absolute Gasteiger partial charge is 0.278 e. The average molecular weight is 345 g/mol.